The van der Waals surface area contributed by atoms with E-state index in [0.29, 0.717) is 10.7 Å². The first-order valence-corrected chi connectivity index (χ1v) is 14.2. The molecule has 0 amide bonds. The first-order chi connectivity index (χ1) is 18.9. The average Bonchev–Trinajstić information content (AvgIpc) is 3.60. The summed E-state index contributed by atoms with van der Waals surface area (Å²) in [6.07, 6.45) is 4.84. The van der Waals surface area contributed by atoms with Gasteiger partial charge in [-0.05, 0) is 80.2 Å². The van der Waals surface area contributed by atoms with E-state index >= 15 is 0 Å². The molecule has 196 valence electrons. The van der Waals surface area contributed by atoms with Crippen LogP contribution in [-0.4, -0.2) is 29.6 Å². The highest BCUT2D eigenvalue weighted by Crippen LogP contribution is 2.48. The van der Waals surface area contributed by atoms with Crippen LogP contribution in [0.25, 0.3) is 27.7 Å². The van der Waals surface area contributed by atoms with E-state index in [9.17, 15) is 0 Å². The van der Waals surface area contributed by atoms with Crippen LogP contribution in [0.1, 0.15) is 42.7 Å². The smallest absolute Gasteiger partial charge is 0.194 e. The summed E-state index contributed by atoms with van der Waals surface area (Å²) in [6, 6.07) is 23.5. The fraction of sp³-hybridized carbons (Fsp3) is 0.226. The van der Waals surface area contributed by atoms with Crippen molar-refractivity contribution in [3.63, 3.8) is 0 Å². The maximum absolute atomic E-state index is 6.37. The Balaban J connectivity index is 1.76. The van der Waals surface area contributed by atoms with Crippen LogP contribution in [0, 0.1) is 12.8 Å². The molecule has 0 fully saturated rings. The van der Waals surface area contributed by atoms with Crippen LogP contribution in [0.15, 0.2) is 83.7 Å². The molecule has 8 heteroatoms. The Bertz CT molecular complexity index is 1820. The number of benzene rings is 3. The van der Waals surface area contributed by atoms with Gasteiger partial charge in [-0.2, -0.15) is 4.52 Å². The van der Waals surface area contributed by atoms with Gasteiger partial charge in [0.25, 0.3) is 0 Å². The minimum Gasteiger partial charge on any atom is -0.337 e. The van der Waals surface area contributed by atoms with E-state index in [-0.39, 0.29) is 5.92 Å². The first kappa shape index (κ1) is 25.7. The number of fused-ring (bicyclic) bond motifs is 3. The standard InChI is InChI=1S/C31H28BrClN6/c1-5-20(3)31(27-17-34-18-38(27)4,22-9-12-24(33)13-10-22)23-11-14-26-25(16-23)28(21-8-6-7-19(2)15-21)29(32)30-35-36-37-39(26)30/h6-18,20H,5H2,1-4H3. The van der Waals surface area contributed by atoms with Gasteiger partial charge in [-0.25, -0.2) is 4.98 Å². The maximum Gasteiger partial charge on any atom is 0.194 e. The summed E-state index contributed by atoms with van der Waals surface area (Å²) in [6.45, 7) is 6.67. The van der Waals surface area contributed by atoms with Crippen molar-refractivity contribution in [3.8, 4) is 11.1 Å². The zero-order valence-electron chi connectivity index (χ0n) is 22.2. The molecule has 0 aliphatic carbocycles. The second kappa shape index (κ2) is 9.88. The molecule has 0 N–H and O–H groups in total. The number of pyridine rings is 1. The van der Waals surface area contributed by atoms with Crippen LogP contribution in [-0.2, 0) is 12.5 Å². The van der Waals surface area contributed by atoms with E-state index in [1.807, 2.05) is 24.7 Å². The highest BCUT2D eigenvalue weighted by atomic mass is 79.9. The molecule has 0 bridgehead atoms. The van der Waals surface area contributed by atoms with Crippen LogP contribution in [0.4, 0.5) is 0 Å². The Hall–Kier alpha value is -3.55. The van der Waals surface area contributed by atoms with E-state index in [4.69, 9.17) is 11.6 Å². The molecule has 3 heterocycles. The second-order valence-corrected chi connectivity index (χ2v) is 11.4. The predicted octanol–water partition coefficient (Wildman–Crippen LogP) is 7.78. The van der Waals surface area contributed by atoms with Crippen LogP contribution < -0.4 is 0 Å². The second-order valence-electron chi connectivity index (χ2n) is 10.2. The van der Waals surface area contributed by atoms with Gasteiger partial charge in [-0.3, -0.25) is 0 Å². The van der Waals surface area contributed by atoms with Crippen molar-refractivity contribution in [2.24, 2.45) is 13.0 Å². The summed E-state index contributed by atoms with van der Waals surface area (Å²) in [5.74, 6) is 0.245. The Labute approximate surface area is 240 Å². The van der Waals surface area contributed by atoms with Gasteiger partial charge in [0.15, 0.2) is 5.65 Å². The zero-order valence-corrected chi connectivity index (χ0v) is 24.6. The molecule has 2 unspecified atom stereocenters. The predicted molar refractivity (Wildman–Crippen MR) is 160 cm³/mol. The fourth-order valence-electron chi connectivity index (χ4n) is 6.01. The number of nitrogens with zero attached hydrogens (tertiary/aromatic N) is 6. The lowest BCUT2D eigenvalue weighted by atomic mass is 9.63. The molecule has 6 nitrogen and oxygen atoms in total. The summed E-state index contributed by atoms with van der Waals surface area (Å²) < 4.78 is 4.80. The lowest BCUT2D eigenvalue weighted by Gasteiger charge is -2.41. The van der Waals surface area contributed by atoms with Gasteiger partial charge in [-0.1, -0.05) is 79.9 Å². The number of hydrogen-bond acceptors (Lipinski definition) is 4. The van der Waals surface area contributed by atoms with Gasteiger partial charge in [-0.15, -0.1) is 5.10 Å². The molecule has 2 atom stereocenters. The minimum atomic E-state index is -0.481. The van der Waals surface area contributed by atoms with Gasteiger partial charge in [0.05, 0.1) is 27.4 Å². The summed E-state index contributed by atoms with van der Waals surface area (Å²) in [5, 5.41) is 14.4. The molecule has 0 aliphatic heterocycles. The van der Waals surface area contributed by atoms with Crippen molar-refractivity contribution in [2.75, 3.05) is 0 Å². The van der Waals surface area contributed by atoms with E-state index in [1.165, 1.54) is 16.7 Å². The number of halogens is 2. The average molecular weight is 600 g/mol. The molecule has 39 heavy (non-hydrogen) atoms. The van der Waals surface area contributed by atoms with Crippen LogP contribution >= 0.6 is 27.5 Å². The monoisotopic (exact) mass is 598 g/mol. The molecule has 0 saturated carbocycles. The zero-order chi connectivity index (χ0) is 27.3. The Morgan fingerprint density at radius 3 is 2.49 bits per heavy atom. The third-order valence-electron chi connectivity index (χ3n) is 8.01. The quantitative estimate of drug-likeness (QED) is 0.196. The molecule has 0 spiro atoms. The molecule has 3 aromatic heterocycles. The van der Waals surface area contributed by atoms with E-state index in [0.717, 1.165) is 38.6 Å². The maximum atomic E-state index is 6.37. The van der Waals surface area contributed by atoms with Gasteiger partial charge in [0, 0.05) is 29.2 Å². The summed E-state index contributed by atoms with van der Waals surface area (Å²) in [7, 11) is 2.07. The van der Waals surface area contributed by atoms with Crippen molar-refractivity contribution in [3.05, 3.63) is 111 Å². The minimum absolute atomic E-state index is 0.245. The van der Waals surface area contributed by atoms with Gasteiger partial charge < -0.3 is 4.57 Å². The Morgan fingerprint density at radius 2 is 1.79 bits per heavy atom. The Kier molecular flexibility index (Phi) is 6.52. The van der Waals surface area contributed by atoms with Crippen molar-refractivity contribution in [2.45, 2.75) is 32.6 Å². The van der Waals surface area contributed by atoms with Crippen molar-refractivity contribution in [1.29, 1.82) is 0 Å². The summed E-state index contributed by atoms with van der Waals surface area (Å²) in [5.41, 5.74) is 7.97. The van der Waals surface area contributed by atoms with Gasteiger partial charge in [0.2, 0.25) is 0 Å². The van der Waals surface area contributed by atoms with Crippen molar-refractivity contribution >= 4 is 44.1 Å². The van der Waals surface area contributed by atoms with Crippen molar-refractivity contribution in [1.82, 2.24) is 29.6 Å². The summed E-state index contributed by atoms with van der Waals surface area (Å²) in [4.78, 5) is 4.56. The van der Waals surface area contributed by atoms with E-state index in [2.05, 4.69) is 123 Å². The number of rotatable bonds is 6. The molecule has 0 saturated heterocycles. The Morgan fingerprint density at radius 1 is 1.03 bits per heavy atom. The fourth-order valence-corrected chi connectivity index (χ4v) is 6.82. The molecular weight excluding hydrogens is 572 g/mol. The van der Waals surface area contributed by atoms with E-state index in [1.54, 1.807) is 4.52 Å². The largest absolute Gasteiger partial charge is 0.337 e. The summed E-state index contributed by atoms with van der Waals surface area (Å²) >= 11 is 10.2. The lowest BCUT2D eigenvalue weighted by molar-refractivity contribution is 0.375. The highest BCUT2D eigenvalue weighted by molar-refractivity contribution is 9.10. The molecule has 0 radical (unpaired) electrons. The van der Waals surface area contributed by atoms with Crippen LogP contribution in [0.3, 0.4) is 0 Å². The van der Waals surface area contributed by atoms with Gasteiger partial charge in [0.1, 0.15) is 0 Å². The highest BCUT2D eigenvalue weighted by Gasteiger charge is 2.43. The van der Waals surface area contributed by atoms with Gasteiger partial charge >= 0.3 is 0 Å². The van der Waals surface area contributed by atoms with Crippen molar-refractivity contribution < 1.29 is 0 Å². The molecule has 3 aromatic carbocycles. The van der Waals surface area contributed by atoms with Crippen LogP contribution in [0.5, 0.6) is 0 Å². The number of tetrazole rings is 1. The topological polar surface area (TPSA) is 60.9 Å². The molecule has 6 aromatic rings. The normalized spacial score (nSPS) is 14.1. The number of aromatic nitrogens is 6. The molecular formula is C31H28BrClN6. The van der Waals surface area contributed by atoms with Crippen LogP contribution in [0.2, 0.25) is 5.02 Å². The third-order valence-corrected chi connectivity index (χ3v) is 9.02. The SMILES string of the molecule is CCC(C)C(c1ccc(Cl)cc1)(c1ccc2c(c1)c(-c1cccc(C)c1)c(Br)c1nnnn12)c1cncn1C. The lowest BCUT2D eigenvalue weighted by Crippen LogP contribution is -2.38. The number of hydrogen-bond donors (Lipinski definition) is 0. The third kappa shape index (κ3) is 3.98. The molecule has 6 rings (SSSR count). The van der Waals surface area contributed by atoms with E-state index < -0.39 is 5.41 Å². The molecule has 0 aliphatic rings. The first-order valence-electron chi connectivity index (χ1n) is 13.0. The number of imidazole rings is 1. The number of aryl methyl sites for hydroxylation is 2.